The van der Waals surface area contributed by atoms with Crippen LogP contribution in [0.5, 0.6) is 0 Å². The van der Waals surface area contributed by atoms with Gasteiger partial charge in [-0.25, -0.2) is 9.18 Å². The zero-order valence-electron chi connectivity index (χ0n) is 13.8. The minimum Gasteiger partial charge on any atom is -0.368 e. The SMILES string of the molecule is NC(=O)NCCCCCC(=O)N1CCN(c2ccc(F)cc2)CC1. The second kappa shape index (κ2) is 9.10. The highest BCUT2D eigenvalue weighted by molar-refractivity contribution is 5.76. The van der Waals surface area contributed by atoms with E-state index in [0.717, 1.165) is 38.0 Å². The Kier molecular flexibility index (Phi) is 6.84. The Balaban J connectivity index is 1.63. The number of rotatable bonds is 7. The second-order valence-corrected chi connectivity index (χ2v) is 5.95. The number of halogens is 1. The lowest BCUT2D eigenvalue weighted by Gasteiger charge is -2.36. The molecular weight excluding hydrogens is 311 g/mol. The van der Waals surface area contributed by atoms with Crippen LogP contribution in [0.2, 0.25) is 0 Å². The van der Waals surface area contributed by atoms with Gasteiger partial charge in [0.15, 0.2) is 0 Å². The van der Waals surface area contributed by atoms with Crippen molar-refractivity contribution in [2.45, 2.75) is 25.7 Å². The number of nitrogens with zero attached hydrogens (tertiary/aromatic N) is 2. The fraction of sp³-hybridized carbons (Fsp3) is 0.529. The van der Waals surface area contributed by atoms with Gasteiger partial charge in [0.1, 0.15) is 5.82 Å². The van der Waals surface area contributed by atoms with Crippen LogP contribution in [-0.4, -0.2) is 49.6 Å². The van der Waals surface area contributed by atoms with Crippen LogP contribution in [-0.2, 0) is 4.79 Å². The van der Waals surface area contributed by atoms with Crippen LogP contribution in [0.15, 0.2) is 24.3 Å². The van der Waals surface area contributed by atoms with Crippen molar-refractivity contribution in [1.82, 2.24) is 10.2 Å². The topological polar surface area (TPSA) is 78.7 Å². The lowest BCUT2D eigenvalue weighted by Crippen LogP contribution is -2.48. The van der Waals surface area contributed by atoms with Crippen molar-refractivity contribution in [2.24, 2.45) is 5.73 Å². The van der Waals surface area contributed by atoms with Crippen LogP contribution in [0.3, 0.4) is 0 Å². The second-order valence-electron chi connectivity index (χ2n) is 5.95. The number of piperazine rings is 1. The molecule has 3 amide bonds. The average molecular weight is 336 g/mol. The van der Waals surface area contributed by atoms with Crippen LogP contribution >= 0.6 is 0 Å². The van der Waals surface area contributed by atoms with Crippen LogP contribution < -0.4 is 16.0 Å². The number of hydrogen-bond donors (Lipinski definition) is 2. The van der Waals surface area contributed by atoms with Gasteiger partial charge in [-0.2, -0.15) is 0 Å². The van der Waals surface area contributed by atoms with Crippen molar-refractivity contribution >= 4 is 17.6 Å². The van der Waals surface area contributed by atoms with E-state index in [-0.39, 0.29) is 11.7 Å². The highest BCUT2D eigenvalue weighted by atomic mass is 19.1. The van der Waals surface area contributed by atoms with Crippen LogP contribution in [0.1, 0.15) is 25.7 Å². The maximum absolute atomic E-state index is 13.0. The summed E-state index contributed by atoms with van der Waals surface area (Å²) < 4.78 is 13.0. The molecule has 2 rings (SSSR count). The predicted molar refractivity (Wildman–Crippen MR) is 91.2 cm³/mol. The van der Waals surface area contributed by atoms with Crippen molar-refractivity contribution in [3.05, 3.63) is 30.1 Å². The Labute approximate surface area is 141 Å². The van der Waals surface area contributed by atoms with Crippen molar-refractivity contribution in [3.63, 3.8) is 0 Å². The van der Waals surface area contributed by atoms with Crippen LogP contribution in [0, 0.1) is 5.82 Å². The first-order valence-corrected chi connectivity index (χ1v) is 8.38. The molecule has 0 atom stereocenters. The monoisotopic (exact) mass is 336 g/mol. The Morgan fingerprint density at radius 3 is 2.33 bits per heavy atom. The van der Waals surface area contributed by atoms with E-state index >= 15 is 0 Å². The first-order valence-electron chi connectivity index (χ1n) is 8.38. The van der Waals surface area contributed by atoms with Gasteiger partial charge in [0.25, 0.3) is 0 Å². The van der Waals surface area contributed by atoms with Crippen molar-refractivity contribution in [2.75, 3.05) is 37.6 Å². The Bertz CT molecular complexity index is 542. The Hall–Kier alpha value is -2.31. The van der Waals surface area contributed by atoms with Gasteiger partial charge in [0.2, 0.25) is 5.91 Å². The highest BCUT2D eigenvalue weighted by Crippen LogP contribution is 2.17. The molecule has 132 valence electrons. The molecule has 1 fully saturated rings. The number of primary amides is 1. The Morgan fingerprint density at radius 2 is 1.71 bits per heavy atom. The summed E-state index contributed by atoms with van der Waals surface area (Å²) in [5, 5.41) is 2.54. The van der Waals surface area contributed by atoms with Gasteiger partial charge in [-0.1, -0.05) is 6.42 Å². The first-order chi connectivity index (χ1) is 11.6. The molecule has 1 aliphatic heterocycles. The summed E-state index contributed by atoms with van der Waals surface area (Å²) in [6.07, 6.45) is 3.07. The maximum Gasteiger partial charge on any atom is 0.312 e. The molecule has 1 heterocycles. The number of unbranched alkanes of at least 4 members (excludes halogenated alkanes) is 2. The lowest BCUT2D eigenvalue weighted by atomic mass is 10.1. The largest absolute Gasteiger partial charge is 0.368 e. The molecule has 1 saturated heterocycles. The molecular formula is C17H25FN4O2. The fourth-order valence-corrected chi connectivity index (χ4v) is 2.81. The van der Waals surface area contributed by atoms with Crippen molar-refractivity contribution in [1.29, 1.82) is 0 Å². The molecule has 1 aliphatic rings. The lowest BCUT2D eigenvalue weighted by molar-refractivity contribution is -0.131. The third-order valence-corrected chi connectivity index (χ3v) is 4.19. The summed E-state index contributed by atoms with van der Waals surface area (Å²) in [5.41, 5.74) is 5.97. The maximum atomic E-state index is 13.0. The smallest absolute Gasteiger partial charge is 0.312 e. The summed E-state index contributed by atoms with van der Waals surface area (Å²) >= 11 is 0. The molecule has 1 aromatic carbocycles. The molecule has 0 aromatic heterocycles. The van der Waals surface area contributed by atoms with Crippen molar-refractivity contribution < 1.29 is 14.0 Å². The van der Waals surface area contributed by atoms with Gasteiger partial charge < -0.3 is 20.9 Å². The number of nitrogens with one attached hydrogen (secondary N) is 1. The molecule has 1 aromatic rings. The molecule has 0 saturated carbocycles. The predicted octanol–water partition coefficient (Wildman–Crippen LogP) is 1.70. The van der Waals surface area contributed by atoms with Crippen molar-refractivity contribution in [3.8, 4) is 0 Å². The zero-order chi connectivity index (χ0) is 17.4. The molecule has 0 radical (unpaired) electrons. The number of carbonyl (C=O) groups is 2. The first kappa shape index (κ1) is 18.0. The summed E-state index contributed by atoms with van der Waals surface area (Å²) in [6.45, 7) is 3.47. The van der Waals surface area contributed by atoms with Gasteiger partial charge in [0, 0.05) is 44.8 Å². The van der Waals surface area contributed by atoms with E-state index in [1.807, 2.05) is 4.90 Å². The van der Waals surface area contributed by atoms with Gasteiger partial charge >= 0.3 is 6.03 Å². The number of hydrogen-bond acceptors (Lipinski definition) is 3. The molecule has 0 spiro atoms. The third-order valence-electron chi connectivity index (χ3n) is 4.19. The van der Waals surface area contributed by atoms with Gasteiger partial charge in [-0.05, 0) is 37.1 Å². The minimum absolute atomic E-state index is 0.177. The molecule has 3 N–H and O–H groups in total. The average Bonchev–Trinajstić information content (AvgIpc) is 2.58. The van der Waals surface area contributed by atoms with E-state index in [4.69, 9.17) is 5.73 Å². The van der Waals surface area contributed by atoms with E-state index in [2.05, 4.69) is 10.2 Å². The van der Waals surface area contributed by atoms with E-state index in [9.17, 15) is 14.0 Å². The summed E-state index contributed by atoms with van der Waals surface area (Å²) in [4.78, 5) is 26.8. The number of urea groups is 1. The number of carbonyl (C=O) groups excluding carboxylic acids is 2. The standard InChI is InChI=1S/C17H25FN4O2/c18-14-5-7-15(8-6-14)21-10-12-22(13-11-21)16(23)4-2-1-3-9-20-17(19)24/h5-8H,1-4,9-13H2,(H3,19,20,24). The third kappa shape index (κ3) is 5.72. The molecule has 6 nitrogen and oxygen atoms in total. The van der Waals surface area contributed by atoms with Gasteiger partial charge in [-0.15, -0.1) is 0 Å². The quantitative estimate of drug-likeness (QED) is 0.744. The van der Waals surface area contributed by atoms with Gasteiger partial charge in [-0.3, -0.25) is 4.79 Å². The van der Waals surface area contributed by atoms with E-state index in [1.54, 1.807) is 12.1 Å². The summed E-state index contributed by atoms with van der Waals surface area (Å²) in [6, 6.07) is 5.95. The molecule has 0 unspecified atom stereocenters. The van der Waals surface area contributed by atoms with E-state index < -0.39 is 6.03 Å². The Morgan fingerprint density at radius 1 is 1.04 bits per heavy atom. The highest BCUT2D eigenvalue weighted by Gasteiger charge is 2.20. The molecule has 7 heteroatoms. The van der Waals surface area contributed by atoms with E-state index in [1.165, 1.54) is 12.1 Å². The minimum atomic E-state index is -0.509. The number of amides is 3. The normalized spacial score (nSPS) is 14.5. The zero-order valence-corrected chi connectivity index (χ0v) is 13.8. The molecule has 0 bridgehead atoms. The number of nitrogens with two attached hydrogens (primary N) is 1. The summed E-state index contributed by atoms with van der Waals surface area (Å²) in [7, 11) is 0. The molecule has 0 aliphatic carbocycles. The van der Waals surface area contributed by atoms with Gasteiger partial charge in [0.05, 0.1) is 0 Å². The fourth-order valence-electron chi connectivity index (χ4n) is 2.81. The van der Waals surface area contributed by atoms with E-state index in [0.29, 0.717) is 26.1 Å². The summed E-state index contributed by atoms with van der Waals surface area (Å²) in [5.74, 6) is -0.0600. The number of benzene rings is 1. The van der Waals surface area contributed by atoms with Crippen LogP contribution in [0.4, 0.5) is 14.9 Å². The molecule has 24 heavy (non-hydrogen) atoms. The van der Waals surface area contributed by atoms with Crippen LogP contribution in [0.25, 0.3) is 0 Å². The number of anilines is 1.